The molecule has 0 aliphatic carbocycles. The minimum Gasteiger partial charge on any atom is -0.348 e. The van der Waals surface area contributed by atoms with Crippen molar-refractivity contribution in [3.8, 4) is 0 Å². The fourth-order valence-corrected chi connectivity index (χ4v) is 6.04. The van der Waals surface area contributed by atoms with Crippen molar-refractivity contribution in [2.45, 2.75) is 26.2 Å². The molecular weight excluding hydrogens is 384 g/mol. The van der Waals surface area contributed by atoms with Gasteiger partial charge in [0, 0.05) is 25.3 Å². The van der Waals surface area contributed by atoms with E-state index in [9.17, 15) is 13.2 Å². The number of aromatic nitrogens is 1. The van der Waals surface area contributed by atoms with Gasteiger partial charge in [0.25, 0.3) is 5.91 Å². The lowest BCUT2D eigenvalue weighted by atomic mass is 10.2. The number of anilines is 3. The van der Waals surface area contributed by atoms with Crippen LogP contribution in [0.1, 0.15) is 34.6 Å². The van der Waals surface area contributed by atoms with Crippen molar-refractivity contribution in [1.29, 1.82) is 0 Å². The van der Waals surface area contributed by atoms with E-state index in [0.717, 1.165) is 23.9 Å². The first kappa shape index (κ1) is 18.2. The Kier molecular flexibility index (Phi) is 4.81. The lowest BCUT2D eigenvalue weighted by Crippen LogP contribution is -2.24. The summed E-state index contributed by atoms with van der Waals surface area (Å²) in [6.45, 7) is 4.35. The van der Waals surface area contributed by atoms with Gasteiger partial charge >= 0.3 is 0 Å². The number of hydrogen-bond donors (Lipinski definition) is 1. The van der Waals surface area contributed by atoms with Gasteiger partial charge in [-0.3, -0.25) is 9.10 Å². The predicted molar refractivity (Wildman–Crippen MR) is 108 cm³/mol. The van der Waals surface area contributed by atoms with Crippen molar-refractivity contribution in [2.75, 3.05) is 39.9 Å². The molecule has 2 aromatic rings. The zero-order valence-corrected chi connectivity index (χ0v) is 16.8. The number of thiazole rings is 1. The van der Waals surface area contributed by atoms with Crippen LogP contribution in [0.4, 0.5) is 16.5 Å². The van der Waals surface area contributed by atoms with E-state index in [1.807, 2.05) is 6.92 Å². The lowest BCUT2D eigenvalue weighted by Gasteiger charge is -2.17. The van der Waals surface area contributed by atoms with Gasteiger partial charge in [0.2, 0.25) is 10.0 Å². The number of nitrogens with one attached hydrogen (secondary N) is 1. The first-order valence-electron chi connectivity index (χ1n) is 9.08. The Bertz CT molecular complexity index is 947. The third kappa shape index (κ3) is 3.66. The summed E-state index contributed by atoms with van der Waals surface area (Å²) in [6.07, 6.45) is 2.98. The molecule has 1 aromatic carbocycles. The predicted octanol–water partition coefficient (Wildman–Crippen LogP) is 2.84. The molecule has 2 aliphatic heterocycles. The van der Waals surface area contributed by atoms with Crippen molar-refractivity contribution < 1.29 is 13.2 Å². The minimum absolute atomic E-state index is 0.183. The highest BCUT2D eigenvalue weighted by molar-refractivity contribution is 7.93. The molecule has 2 saturated heterocycles. The van der Waals surface area contributed by atoms with Crippen LogP contribution in [-0.4, -0.2) is 44.7 Å². The van der Waals surface area contributed by atoms with E-state index in [1.165, 1.54) is 28.5 Å². The van der Waals surface area contributed by atoms with Crippen LogP contribution in [0, 0.1) is 6.92 Å². The molecule has 1 aromatic heterocycles. The highest BCUT2D eigenvalue weighted by Gasteiger charge is 2.28. The summed E-state index contributed by atoms with van der Waals surface area (Å²) in [5.41, 5.74) is 2.01. The molecule has 9 heteroatoms. The number of carbonyl (C=O) groups excluding carboxylic acids is 1. The number of amides is 1. The molecule has 0 atom stereocenters. The van der Waals surface area contributed by atoms with Gasteiger partial charge in [-0.1, -0.05) is 11.3 Å². The molecule has 144 valence electrons. The van der Waals surface area contributed by atoms with Gasteiger partial charge in [-0.25, -0.2) is 13.4 Å². The third-order valence-corrected chi connectivity index (χ3v) is 7.97. The Morgan fingerprint density at radius 1 is 1.11 bits per heavy atom. The Morgan fingerprint density at radius 2 is 1.81 bits per heavy atom. The average molecular weight is 407 g/mol. The van der Waals surface area contributed by atoms with Gasteiger partial charge in [0.15, 0.2) is 5.13 Å². The number of hydrogen-bond acceptors (Lipinski definition) is 6. The van der Waals surface area contributed by atoms with Crippen molar-refractivity contribution >= 4 is 43.8 Å². The first-order chi connectivity index (χ1) is 12.9. The van der Waals surface area contributed by atoms with Crippen molar-refractivity contribution in [3.05, 3.63) is 34.8 Å². The average Bonchev–Trinajstić information content (AvgIpc) is 3.35. The number of benzene rings is 1. The van der Waals surface area contributed by atoms with Gasteiger partial charge in [0.1, 0.15) is 4.88 Å². The van der Waals surface area contributed by atoms with Crippen LogP contribution in [0.3, 0.4) is 0 Å². The molecule has 0 unspecified atom stereocenters. The Morgan fingerprint density at radius 3 is 2.44 bits per heavy atom. The highest BCUT2D eigenvalue weighted by Crippen LogP contribution is 2.30. The van der Waals surface area contributed by atoms with E-state index in [1.54, 1.807) is 24.3 Å². The summed E-state index contributed by atoms with van der Waals surface area (Å²) in [6, 6.07) is 6.93. The first-order valence-corrected chi connectivity index (χ1v) is 11.5. The zero-order chi connectivity index (χ0) is 19.0. The summed E-state index contributed by atoms with van der Waals surface area (Å²) in [4.78, 5) is 20.0. The molecule has 7 nitrogen and oxygen atoms in total. The van der Waals surface area contributed by atoms with Gasteiger partial charge < -0.3 is 10.2 Å². The third-order valence-electron chi connectivity index (χ3n) is 4.88. The van der Waals surface area contributed by atoms with E-state index in [4.69, 9.17) is 0 Å². The molecule has 2 fully saturated rings. The second-order valence-electron chi connectivity index (χ2n) is 6.85. The Hall–Kier alpha value is -2.13. The van der Waals surface area contributed by atoms with Crippen LogP contribution < -0.4 is 14.5 Å². The van der Waals surface area contributed by atoms with E-state index < -0.39 is 10.0 Å². The molecule has 0 bridgehead atoms. The fraction of sp³-hybridized carbons (Fsp3) is 0.444. The maximum Gasteiger partial charge on any atom is 0.267 e. The van der Waals surface area contributed by atoms with Crippen LogP contribution in [0.5, 0.6) is 0 Å². The normalized spacial score (nSPS) is 18.9. The van der Waals surface area contributed by atoms with Gasteiger partial charge in [-0.05, 0) is 50.5 Å². The van der Waals surface area contributed by atoms with Crippen molar-refractivity contribution in [2.24, 2.45) is 0 Å². The SMILES string of the molecule is Cc1nc(N2CCCC2)sc1C(=O)Nc1ccc(N2CCCS2(=O)=O)cc1. The van der Waals surface area contributed by atoms with Crippen LogP contribution in [0.15, 0.2) is 24.3 Å². The number of aryl methyl sites for hydroxylation is 1. The van der Waals surface area contributed by atoms with Crippen molar-refractivity contribution in [3.63, 3.8) is 0 Å². The summed E-state index contributed by atoms with van der Waals surface area (Å²) >= 11 is 1.42. The summed E-state index contributed by atoms with van der Waals surface area (Å²) in [5.74, 6) is 0.00663. The molecule has 4 rings (SSSR count). The van der Waals surface area contributed by atoms with Crippen LogP contribution in [0.2, 0.25) is 0 Å². The molecule has 0 radical (unpaired) electrons. The molecule has 0 saturated carbocycles. The van der Waals surface area contributed by atoms with Crippen LogP contribution in [-0.2, 0) is 10.0 Å². The number of nitrogens with zero attached hydrogens (tertiary/aromatic N) is 3. The summed E-state index contributed by atoms with van der Waals surface area (Å²) < 4.78 is 25.4. The van der Waals surface area contributed by atoms with E-state index in [0.29, 0.717) is 29.2 Å². The van der Waals surface area contributed by atoms with Gasteiger partial charge in [-0.2, -0.15) is 0 Å². The standard InChI is InChI=1S/C18H22N4O3S2/c1-13-16(26-18(19-13)21-9-2-3-10-21)17(23)20-14-5-7-15(8-6-14)22-11-4-12-27(22,24)25/h5-8H,2-4,9-12H2,1H3,(H,20,23). The smallest absolute Gasteiger partial charge is 0.267 e. The number of rotatable bonds is 4. The van der Waals surface area contributed by atoms with E-state index in [2.05, 4.69) is 15.2 Å². The lowest BCUT2D eigenvalue weighted by molar-refractivity contribution is 0.103. The Labute approximate surface area is 163 Å². The molecule has 1 N–H and O–H groups in total. The summed E-state index contributed by atoms with van der Waals surface area (Å²) in [5, 5.41) is 3.79. The second-order valence-corrected chi connectivity index (χ2v) is 9.84. The molecule has 27 heavy (non-hydrogen) atoms. The number of sulfonamides is 1. The van der Waals surface area contributed by atoms with Gasteiger partial charge in [0.05, 0.1) is 17.1 Å². The second kappa shape index (κ2) is 7.12. The molecular formula is C18H22N4O3S2. The maximum absolute atomic E-state index is 12.6. The Balaban J connectivity index is 1.47. The molecule has 3 heterocycles. The monoisotopic (exact) mass is 406 g/mol. The topological polar surface area (TPSA) is 82.6 Å². The number of carbonyl (C=O) groups is 1. The largest absolute Gasteiger partial charge is 0.348 e. The quantitative estimate of drug-likeness (QED) is 0.844. The summed E-state index contributed by atoms with van der Waals surface area (Å²) in [7, 11) is -3.20. The zero-order valence-electron chi connectivity index (χ0n) is 15.1. The van der Waals surface area contributed by atoms with Crippen LogP contribution >= 0.6 is 11.3 Å². The van der Waals surface area contributed by atoms with E-state index in [-0.39, 0.29) is 11.7 Å². The maximum atomic E-state index is 12.6. The minimum atomic E-state index is -3.20. The molecule has 1 amide bonds. The van der Waals surface area contributed by atoms with E-state index >= 15 is 0 Å². The van der Waals surface area contributed by atoms with Crippen LogP contribution in [0.25, 0.3) is 0 Å². The highest BCUT2D eigenvalue weighted by atomic mass is 32.2. The molecule has 0 spiro atoms. The fourth-order valence-electron chi connectivity index (χ4n) is 3.46. The van der Waals surface area contributed by atoms with Crippen molar-refractivity contribution in [1.82, 2.24) is 4.98 Å². The molecule has 2 aliphatic rings. The van der Waals surface area contributed by atoms with Gasteiger partial charge in [-0.15, -0.1) is 0 Å².